The van der Waals surface area contributed by atoms with Crippen molar-refractivity contribution >= 4 is 23.2 Å². The van der Waals surface area contributed by atoms with Gasteiger partial charge in [0.2, 0.25) is 5.75 Å². The zero-order chi connectivity index (χ0) is 25.5. The van der Waals surface area contributed by atoms with E-state index in [2.05, 4.69) is 15.2 Å². The molecule has 2 fully saturated rings. The van der Waals surface area contributed by atoms with Crippen molar-refractivity contribution in [3.05, 3.63) is 33.8 Å². The number of aromatic nitrogens is 1. The molecule has 2 aliphatic heterocycles. The average molecular weight is 517 g/mol. The third-order valence-electron chi connectivity index (χ3n) is 6.98. The number of thiazole rings is 1. The van der Waals surface area contributed by atoms with E-state index >= 15 is 0 Å². The summed E-state index contributed by atoms with van der Waals surface area (Å²) in [7, 11) is 4.59. The molecule has 0 saturated carbocycles. The second-order valence-corrected chi connectivity index (χ2v) is 10.1. The molecule has 1 aromatic heterocycles. The van der Waals surface area contributed by atoms with Gasteiger partial charge in [-0.15, -0.1) is 11.3 Å². The lowest BCUT2D eigenvalue weighted by molar-refractivity contribution is 0.0708. The van der Waals surface area contributed by atoms with Gasteiger partial charge >= 0.3 is 0 Å². The summed E-state index contributed by atoms with van der Waals surface area (Å²) in [6, 6.07) is 3.43. The molecule has 2 aromatic rings. The van der Waals surface area contributed by atoms with E-state index in [1.54, 1.807) is 19.2 Å². The Balaban J connectivity index is 1.31. The number of carbonyl (C=O) groups is 2. The number of nitrogens with zero attached hydrogens (tertiary/aromatic N) is 3. The molecule has 2 saturated heterocycles. The van der Waals surface area contributed by atoms with Crippen molar-refractivity contribution in [1.82, 2.24) is 20.1 Å². The lowest BCUT2D eigenvalue weighted by atomic mass is 9.97. The van der Waals surface area contributed by atoms with Gasteiger partial charge in [-0.25, -0.2) is 4.98 Å². The van der Waals surface area contributed by atoms with Gasteiger partial charge < -0.3 is 29.3 Å². The van der Waals surface area contributed by atoms with Gasteiger partial charge in [0.25, 0.3) is 11.8 Å². The van der Waals surface area contributed by atoms with Gasteiger partial charge in [0.1, 0.15) is 5.69 Å². The van der Waals surface area contributed by atoms with Crippen LogP contribution in [0.1, 0.15) is 63.9 Å². The fraction of sp³-hybridized carbons (Fsp3) is 0.577. The Kier molecular flexibility index (Phi) is 9.03. The number of nitrogens with one attached hydrogen (secondary N) is 1. The van der Waals surface area contributed by atoms with Gasteiger partial charge in [-0.2, -0.15) is 0 Å². The molecule has 4 rings (SSSR count). The molecule has 0 atom stereocenters. The van der Waals surface area contributed by atoms with Gasteiger partial charge in [-0.05, 0) is 50.9 Å². The topological polar surface area (TPSA) is 93.2 Å². The van der Waals surface area contributed by atoms with Crippen LogP contribution in [0, 0.1) is 0 Å². The van der Waals surface area contributed by atoms with Crippen molar-refractivity contribution in [2.75, 3.05) is 60.6 Å². The Morgan fingerprint density at radius 3 is 2.39 bits per heavy atom. The van der Waals surface area contributed by atoms with Gasteiger partial charge in [-0.1, -0.05) is 6.42 Å². The van der Waals surface area contributed by atoms with E-state index in [1.165, 1.54) is 44.8 Å². The van der Waals surface area contributed by atoms with Crippen LogP contribution in [0.2, 0.25) is 0 Å². The maximum absolute atomic E-state index is 13.3. The standard InChI is InChI=1S/C26H36N4O5S/c1-33-21-8-7-19(22(34-2)23(21)35-3)26(32)30-14-9-18(10-15-30)25-28-20(17-36-25)24(31)27-11-16-29-12-5-4-6-13-29/h7-8,17-18H,4-6,9-16H2,1-3H3,(H,27,31). The van der Waals surface area contributed by atoms with Crippen LogP contribution in [0.3, 0.4) is 0 Å². The third kappa shape index (κ3) is 5.92. The van der Waals surface area contributed by atoms with E-state index in [9.17, 15) is 9.59 Å². The molecular weight excluding hydrogens is 480 g/mol. The molecule has 9 nitrogen and oxygen atoms in total. The number of hydrogen-bond donors (Lipinski definition) is 1. The van der Waals surface area contributed by atoms with Crippen molar-refractivity contribution in [3.63, 3.8) is 0 Å². The summed E-state index contributed by atoms with van der Waals surface area (Å²) in [5, 5.41) is 5.82. The molecule has 2 aliphatic rings. The Bertz CT molecular complexity index is 1040. The molecule has 3 heterocycles. The second-order valence-electron chi connectivity index (χ2n) is 9.18. The fourth-order valence-corrected chi connectivity index (χ4v) is 5.92. The van der Waals surface area contributed by atoms with Crippen molar-refractivity contribution in [2.24, 2.45) is 0 Å². The molecule has 0 spiro atoms. The quantitative estimate of drug-likeness (QED) is 0.546. The maximum atomic E-state index is 13.3. The van der Waals surface area contributed by atoms with E-state index in [4.69, 9.17) is 14.2 Å². The molecule has 1 aromatic carbocycles. The minimum Gasteiger partial charge on any atom is -0.493 e. The number of amides is 2. The summed E-state index contributed by atoms with van der Waals surface area (Å²) in [6.45, 7) is 5.00. The summed E-state index contributed by atoms with van der Waals surface area (Å²) >= 11 is 1.53. The molecule has 0 aliphatic carbocycles. The zero-order valence-electron chi connectivity index (χ0n) is 21.4. The van der Waals surface area contributed by atoms with Crippen LogP contribution >= 0.6 is 11.3 Å². The summed E-state index contributed by atoms with van der Waals surface area (Å²) in [4.78, 5) is 34.7. The highest BCUT2D eigenvalue weighted by molar-refractivity contribution is 7.09. The maximum Gasteiger partial charge on any atom is 0.270 e. The predicted octanol–water partition coefficient (Wildman–Crippen LogP) is 3.40. The van der Waals surface area contributed by atoms with E-state index in [0.717, 1.165) is 37.5 Å². The first-order valence-corrected chi connectivity index (χ1v) is 13.5. The van der Waals surface area contributed by atoms with Crippen LogP contribution in [-0.4, -0.2) is 87.2 Å². The molecule has 2 amide bonds. The minimum atomic E-state index is -0.109. The number of rotatable bonds is 9. The summed E-state index contributed by atoms with van der Waals surface area (Å²) < 4.78 is 16.2. The normalized spacial score (nSPS) is 17.0. The highest BCUT2D eigenvalue weighted by atomic mass is 32.1. The molecule has 196 valence electrons. The summed E-state index contributed by atoms with van der Waals surface area (Å²) in [5.41, 5.74) is 0.938. The van der Waals surface area contributed by atoms with Crippen molar-refractivity contribution in [3.8, 4) is 17.2 Å². The lowest BCUT2D eigenvalue weighted by Crippen LogP contribution is -2.38. The first kappa shape index (κ1) is 26.2. The highest BCUT2D eigenvalue weighted by Gasteiger charge is 2.30. The molecule has 10 heteroatoms. The smallest absolute Gasteiger partial charge is 0.270 e. The van der Waals surface area contributed by atoms with Crippen LogP contribution in [0.15, 0.2) is 17.5 Å². The number of ether oxygens (including phenoxy) is 3. The van der Waals surface area contributed by atoms with Crippen LogP contribution in [-0.2, 0) is 0 Å². The average Bonchev–Trinajstić information content (AvgIpc) is 3.43. The van der Waals surface area contributed by atoms with Crippen molar-refractivity contribution in [2.45, 2.75) is 38.0 Å². The van der Waals surface area contributed by atoms with Gasteiger partial charge in [-0.3, -0.25) is 9.59 Å². The number of carbonyl (C=O) groups excluding carboxylic acids is 2. The van der Waals surface area contributed by atoms with Crippen LogP contribution in [0.25, 0.3) is 0 Å². The Labute approximate surface area is 216 Å². The van der Waals surface area contributed by atoms with E-state index in [0.29, 0.717) is 48.1 Å². The minimum absolute atomic E-state index is 0.0980. The first-order valence-electron chi connectivity index (χ1n) is 12.6. The number of methoxy groups -OCH3 is 3. The van der Waals surface area contributed by atoms with Crippen LogP contribution in [0.5, 0.6) is 17.2 Å². The van der Waals surface area contributed by atoms with Gasteiger partial charge in [0, 0.05) is 37.5 Å². The van der Waals surface area contributed by atoms with Crippen molar-refractivity contribution in [1.29, 1.82) is 0 Å². The van der Waals surface area contributed by atoms with Gasteiger partial charge in [0.15, 0.2) is 11.5 Å². The zero-order valence-corrected chi connectivity index (χ0v) is 22.2. The van der Waals surface area contributed by atoms with Crippen molar-refractivity contribution < 1.29 is 23.8 Å². The van der Waals surface area contributed by atoms with Crippen LogP contribution < -0.4 is 19.5 Å². The second kappa shape index (κ2) is 12.4. The fourth-order valence-electron chi connectivity index (χ4n) is 4.95. The molecule has 0 radical (unpaired) electrons. The van der Waals surface area contributed by atoms with E-state index < -0.39 is 0 Å². The lowest BCUT2D eigenvalue weighted by Gasteiger charge is -2.31. The molecule has 0 unspecified atom stereocenters. The molecule has 0 bridgehead atoms. The van der Waals surface area contributed by atoms with Crippen LogP contribution in [0.4, 0.5) is 0 Å². The van der Waals surface area contributed by atoms with Gasteiger partial charge in [0.05, 0.1) is 31.9 Å². The Morgan fingerprint density at radius 2 is 1.72 bits per heavy atom. The molecular formula is C26H36N4O5S. The predicted molar refractivity (Wildman–Crippen MR) is 139 cm³/mol. The number of benzene rings is 1. The largest absolute Gasteiger partial charge is 0.493 e. The van der Waals surface area contributed by atoms with E-state index in [1.807, 2.05) is 10.3 Å². The number of hydrogen-bond acceptors (Lipinski definition) is 8. The summed E-state index contributed by atoms with van der Waals surface area (Å²) in [5.74, 6) is 1.33. The molecule has 36 heavy (non-hydrogen) atoms. The number of piperidine rings is 2. The first-order chi connectivity index (χ1) is 17.5. The monoisotopic (exact) mass is 516 g/mol. The van der Waals surface area contributed by atoms with E-state index in [-0.39, 0.29) is 17.7 Å². The third-order valence-corrected chi connectivity index (χ3v) is 7.99. The molecule has 1 N–H and O–H groups in total. The summed E-state index contributed by atoms with van der Waals surface area (Å²) in [6.07, 6.45) is 5.39. The number of likely N-dealkylation sites (tertiary alicyclic amines) is 2. The highest BCUT2D eigenvalue weighted by Crippen LogP contribution is 2.40. The Hall–Kier alpha value is -2.85. The Morgan fingerprint density at radius 1 is 1.00 bits per heavy atom. The SMILES string of the molecule is COc1ccc(C(=O)N2CCC(c3nc(C(=O)NCCN4CCCCC4)cs3)CC2)c(OC)c1OC.